The maximum atomic E-state index is 13.9. The van der Waals surface area contributed by atoms with Gasteiger partial charge in [-0.1, -0.05) is 27.7 Å². The molecular weight excluding hydrogens is 528 g/mol. The lowest BCUT2D eigenvalue weighted by Gasteiger charge is -2.18. The van der Waals surface area contributed by atoms with Gasteiger partial charge in [0.05, 0.1) is 18.2 Å². The predicted octanol–water partition coefficient (Wildman–Crippen LogP) is 4.20. The highest BCUT2D eigenvalue weighted by molar-refractivity contribution is 6.24. The first kappa shape index (κ1) is 27.8. The van der Waals surface area contributed by atoms with Gasteiger partial charge in [0.25, 0.3) is 0 Å². The van der Waals surface area contributed by atoms with Gasteiger partial charge in [-0.3, -0.25) is 14.4 Å². The Morgan fingerprint density at radius 3 is 2.26 bits per heavy atom. The van der Waals surface area contributed by atoms with Gasteiger partial charge in [-0.05, 0) is 73.6 Å². The van der Waals surface area contributed by atoms with Crippen molar-refractivity contribution in [3.8, 4) is 0 Å². The predicted molar refractivity (Wildman–Crippen MR) is 163 cm³/mol. The molecular formula is C34H38N4O4. The van der Waals surface area contributed by atoms with Crippen LogP contribution in [0.3, 0.4) is 0 Å². The Hall–Kier alpha value is -4.33. The normalized spacial score (nSPS) is 25.3. The van der Waals surface area contributed by atoms with Crippen molar-refractivity contribution in [2.75, 3.05) is 7.11 Å². The van der Waals surface area contributed by atoms with E-state index in [4.69, 9.17) is 4.74 Å². The number of Topliss-reactive ketones (excluding diaryl/α,β-unsaturated/α-hetero) is 1. The number of allylic oxidation sites excluding steroid dienone is 2. The quantitative estimate of drug-likeness (QED) is 0.210. The monoisotopic (exact) mass is 566 g/mol. The minimum Gasteiger partial charge on any atom is -0.468 e. The van der Waals surface area contributed by atoms with Crippen LogP contribution in [-0.2, 0) is 22.4 Å². The third-order valence-electron chi connectivity index (χ3n) is 9.63. The lowest BCUT2D eigenvalue weighted by Crippen LogP contribution is -2.25. The Morgan fingerprint density at radius 1 is 0.929 bits per heavy atom. The minimum atomic E-state index is -1.03. The number of rotatable bonds is 5. The zero-order valence-electron chi connectivity index (χ0n) is 25.3. The topological polar surface area (TPSA) is 120 Å². The van der Waals surface area contributed by atoms with Gasteiger partial charge in [-0.25, -0.2) is 0 Å². The molecule has 8 nitrogen and oxygen atoms in total. The first-order valence-corrected chi connectivity index (χ1v) is 14.9. The van der Waals surface area contributed by atoms with Crippen LogP contribution in [0.25, 0.3) is 23.8 Å². The Labute approximate surface area is 245 Å². The molecule has 0 spiro atoms. The minimum absolute atomic E-state index is 0.0863. The van der Waals surface area contributed by atoms with E-state index in [1.165, 1.54) is 12.7 Å². The molecule has 8 heteroatoms. The summed E-state index contributed by atoms with van der Waals surface area (Å²) in [5.41, 5.74) is 11.2. The van der Waals surface area contributed by atoms with E-state index < -0.39 is 11.9 Å². The third-order valence-corrected chi connectivity index (χ3v) is 9.63. The van der Waals surface area contributed by atoms with Crippen LogP contribution >= 0.6 is 0 Å². The maximum Gasteiger partial charge on any atom is 0.321 e. The Kier molecular flexibility index (Phi) is 6.75. The molecule has 8 bridgehead atoms. The summed E-state index contributed by atoms with van der Waals surface area (Å²) in [6, 6.07) is 0. The fourth-order valence-electron chi connectivity index (χ4n) is 7.34. The van der Waals surface area contributed by atoms with Gasteiger partial charge in [0.2, 0.25) is 0 Å². The maximum absolute atomic E-state index is 13.9. The molecule has 1 saturated heterocycles. The number of carbonyl (C=O) groups excluding carboxylic acids is 3. The van der Waals surface area contributed by atoms with Gasteiger partial charge in [0.15, 0.2) is 12.1 Å². The zero-order chi connectivity index (χ0) is 30.0. The van der Waals surface area contributed by atoms with Crippen LogP contribution in [0, 0.1) is 31.6 Å². The Morgan fingerprint density at radius 2 is 1.62 bits per heavy atom. The first-order valence-electron chi connectivity index (χ1n) is 14.9. The van der Waals surface area contributed by atoms with Crippen LogP contribution in [0.5, 0.6) is 0 Å². The molecule has 3 atom stereocenters. The van der Waals surface area contributed by atoms with Gasteiger partial charge < -0.3 is 25.0 Å². The van der Waals surface area contributed by atoms with Crippen molar-refractivity contribution >= 4 is 41.8 Å². The van der Waals surface area contributed by atoms with E-state index in [9.17, 15) is 14.4 Å². The van der Waals surface area contributed by atoms with Crippen molar-refractivity contribution in [1.82, 2.24) is 20.3 Å². The lowest BCUT2D eigenvalue weighted by molar-refractivity contribution is -0.141. The summed E-state index contributed by atoms with van der Waals surface area (Å²) in [7, 11) is 1.33. The number of H-pyrrole nitrogens is 3. The molecule has 3 aromatic heterocycles. The summed E-state index contributed by atoms with van der Waals surface area (Å²) >= 11 is 0. The number of esters is 1. The fraction of sp³-hybridized carbons (Fsp3) is 0.382. The number of methoxy groups -OCH3 is 1. The summed E-state index contributed by atoms with van der Waals surface area (Å²) in [6.45, 7) is 12.5. The number of carbonyl (C=O) groups is 3. The van der Waals surface area contributed by atoms with Crippen LogP contribution in [-0.4, -0.2) is 40.1 Å². The Bertz CT molecular complexity index is 1860. The molecule has 0 amide bonds. The highest BCUT2D eigenvalue weighted by Crippen LogP contribution is 2.47. The lowest BCUT2D eigenvalue weighted by atomic mass is 9.86. The Balaban J connectivity index is 1.76. The number of hydrogen-bond donors (Lipinski definition) is 4. The summed E-state index contributed by atoms with van der Waals surface area (Å²) in [4.78, 5) is 50.1. The van der Waals surface area contributed by atoms with Crippen molar-refractivity contribution < 1.29 is 19.1 Å². The summed E-state index contributed by atoms with van der Waals surface area (Å²) in [6.07, 6.45) is 9.41. The zero-order valence-corrected chi connectivity index (χ0v) is 25.3. The van der Waals surface area contributed by atoms with Crippen LogP contribution in [0.1, 0.15) is 99.9 Å². The molecule has 0 saturated carbocycles. The molecule has 1 fully saturated rings. The largest absolute Gasteiger partial charge is 0.468 e. The van der Waals surface area contributed by atoms with E-state index in [1.807, 2.05) is 26.0 Å². The second-order valence-corrected chi connectivity index (χ2v) is 11.6. The molecule has 1 aliphatic carbocycles. The molecule has 0 radical (unpaired) electrons. The van der Waals surface area contributed by atoms with Crippen molar-refractivity contribution in [2.45, 2.75) is 60.8 Å². The smallest absolute Gasteiger partial charge is 0.321 e. The van der Waals surface area contributed by atoms with Crippen molar-refractivity contribution in [2.24, 2.45) is 17.8 Å². The van der Waals surface area contributed by atoms with Gasteiger partial charge in [-0.15, -0.1) is 0 Å². The average molecular weight is 567 g/mol. The summed E-state index contributed by atoms with van der Waals surface area (Å²) in [5, 5.41) is 5.23. The van der Waals surface area contributed by atoms with Gasteiger partial charge in [0, 0.05) is 62.4 Å². The molecule has 6 rings (SSSR count). The summed E-state index contributed by atoms with van der Waals surface area (Å²) in [5.74, 6) is -1.62. The SMILES string of the molecule is CCc1c2[nH]c(c1C)/C=C1\N/C(=C3\c4[nH]c(c(C)c4C(=O)[C@@H]3C(=O)OC)/C=c3\[nH]/c(c(C=O)c3CC)=C\2)[C@@H](CC)[C@H]1C. The number of hydrogen-bond acceptors (Lipinski definition) is 5. The average Bonchev–Trinajstić information content (AvgIpc) is 3.72. The molecule has 3 aliphatic rings. The standard InChI is InChI=1S/C34H38N4O4/c1-8-18-15(4)22-11-23-16(5)19(9-2)31(37-23)29-30(34(41)42-7)33(40)28-17(6)24(38-32(28)29)12-26-20(10-3)21(14-39)27(36-26)13-25(18)35-22/h11-14,16,19,30,35-38H,8-10H2,1-7H3/b23-11-,26-12-,27-13-,31-29-/t16-,19+,30-/m1/s1. The van der Waals surface area contributed by atoms with Gasteiger partial charge in [-0.2, -0.15) is 0 Å². The van der Waals surface area contributed by atoms with E-state index >= 15 is 0 Å². The number of ketones is 1. The first-order chi connectivity index (χ1) is 20.2. The number of ether oxygens (including phenoxy) is 1. The number of aldehydes is 1. The number of fused-ring (bicyclic) bond motifs is 7. The van der Waals surface area contributed by atoms with Crippen molar-refractivity contribution in [3.63, 3.8) is 0 Å². The van der Waals surface area contributed by atoms with Crippen LogP contribution in [0.2, 0.25) is 0 Å². The van der Waals surface area contributed by atoms with Crippen LogP contribution < -0.4 is 16.0 Å². The molecule has 218 valence electrons. The number of aromatic amines is 3. The van der Waals surface area contributed by atoms with E-state index in [-0.39, 0.29) is 17.6 Å². The third kappa shape index (κ3) is 3.84. The highest BCUT2D eigenvalue weighted by Gasteiger charge is 2.48. The molecule has 42 heavy (non-hydrogen) atoms. The van der Waals surface area contributed by atoms with E-state index in [0.29, 0.717) is 28.8 Å². The molecule has 0 unspecified atom stereocenters. The van der Waals surface area contributed by atoms with Crippen molar-refractivity contribution in [3.05, 3.63) is 78.2 Å². The van der Waals surface area contributed by atoms with E-state index in [2.05, 4.69) is 54.0 Å². The molecule has 3 aromatic rings. The molecule has 4 N–H and O–H groups in total. The second-order valence-electron chi connectivity index (χ2n) is 11.6. The van der Waals surface area contributed by atoms with Crippen LogP contribution in [0.4, 0.5) is 0 Å². The molecule has 2 aliphatic heterocycles. The summed E-state index contributed by atoms with van der Waals surface area (Å²) < 4.78 is 5.17. The van der Waals surface area contributed by atoms with Gasteiger partial charge in [0.1, 0.15) is 5.92 Å². The number of aromatic nitrogens is 3. The second kappa shape index (κ2) is 10.2. The highest BCUT2D eigenvalue weighted by atomic mass is 16.5. The fourth-order valence-corrected chi connectivity index (χ4v) is 7.34. The number of nitrogens with one attached hydrogen (secondary N) is 4. The van der Waals surface area contributed by atoms with E-state index in [0.717, 1.165) is 75.0 Å². The molecule has 5 heterocycles. The van der Waals surface area contributed by atoms with E-state index in [1.54, 1.807) is 0 Å². The van der Waals surface area contributed by atoms with Crippen LogP contribution in [0.15, 0.2) is 11.4 Å². The van der Waals surface area contributed by atoms with Gasteiger partial charge >= 0.3 is 5.97 Å². The molecule has 0 aromatic carbocycles. The van der Waals surface area contributed by atoms with Crippen molar-refractivity contribution in [1.29, 1.82) is 0 Å².